The van der Waals surface area contributed by atoms with Gasteiger partial charge in [0.1, 0.15) is 23.2 Å². The summed E-state index contributed by atoms with van der Waals surface area (Å²) in [5, 5.41) is 8.88. The topological polar surface area (TPSA) is 112 Å². The van der Waals surface area contributed by atoms with Crippen molar-refractivity contribution in [2.45, 2.75) is 43.9 Å². The van der Waals surface area contributed by atoms with Crippen molar-refractivity contribution < 1.29 is 38.4 Å². The highest BCUT2D eigenvalue weighted by Gasteiger charge is 2.42. The Hall–Kier alpha value is -4.37. The van der Waals surface area contributed by atoms with Gasteiger partial charge in [0.15, 0.2) is 0 Å². The molecule has 1 N–H and O–H groups in total. The summed E-state index contributed by atoms with van der Waals surface area (Å²) in [7, 11) is 3.22. The lowest BCUT2D eigenvalue weighted by molar-refractivity contribution is -0.151. The molecule has 0 aliphatic carbocycles. The lowest BCUT2D eigenvalue weighted by Gasteiger charge is -2.37. The van der Waals surface area contributed by atoms with Gasteiger partial charge >= 0.3 is 11.9 Å². The van der Waals surface area contributed by atoms with Gasteiger partial charge in [-0.05, 0) is 41.0 Å². The summed E-state index contributed by atoms with van der Waals surface area (Å²) in [6.07, 6.45) is -0.715. The fourth-order valence-corrected chi connectivity index (χ4v) is 5.25. The number of benzene rings is 3. The summed E-state index contributed by atoms with van der Waals surface area (Å²) in [6.45, 7) is 1.83. The van der Waals surface area contributed by atoms with Crippen LogP contribution in [0, 0.1) is 0 Å². The van der Waals surface area contributed by atoms with E-state index in [0.717, 1.165) is 16.7 Å². The van der Waals surface area contributed by atoms with Crippen LogP contribution in [0.1, 0.15) is 42.9 Å². The van der Waals surface area contributed by atoms with Gasteiger partial charge in [0.05, 0.1) is 46.3 Å². The number of esters is 1. The number of hydrogen-bond donors (Lipinski definition) is 1. The van der Waals surface area contributed by atoms with Crippen LogP contribution >= 0.6 is 0 Å². The summed E-state index contributed by atoms with van der Waals surface area (Å²) in [5.41, 5.74) is 1.55. The molecule has 1 aliphatic heterocycles. The molecule has 2 atom stereocenters. The molecule has 41 heavy (non-hydrogen) atoms. The standard InChI is InChI=1S/C32H35NO8/c1-22(34)33-20-29(41-31(37)18-17-30(35)36)19-26(33)21-40-32(23-7-5-4-6-8-23,24-9-13-27(38-2)14-10-24)25-11-15-28(39-3)16-12-25/h4-16,26,29H,17-21H2,1-3H3,(H,35,36)/t26?,29-/m1/s1. The number of aliphatic carboxylic acids is 1. The van der Waals surface area contributed by atoms with Crippen LogP contribution in [0.3, 0.4) is 0 Å². The van der Waals surface area contributed by atoms with Crippen LogP contribution < -0.4 is 9.47 Å². The normalized spacial score (nSPS) is 16.7. The Morgan fingerprint density at radius 3 is 1.85 bits per heavy atom. The fraction of sp³-hybridized carbons (Fsp3) is 0.344. The van der Waals surface area contributed by atoms with E-state index in [4.69, 9.17) is 24.1 Å². The number of carboxylic acids is 1. The average molecular weight is 562 g/mol. The maximum Gasteiger partial charge on any atom is 0.306 e. The molecule has 1 aliphatic rings. The average Bonchev–Trinajstić information content (AvgIpc) is 3.40. The zero-order chi connectivity index (χ0) is 29.4. The van der Waals surface area contributed by atoms with Gasteiger partial charge in [-0.2, -0.15) is 0 Å². The van der Waals surface area contributed by atoms with Crippen molar-refractivity contribution in [2.75, 3.05) is 27.4 Å². The van der Waals surface area contributed by atoms with Gasteiger partial charge in [0.25, 0.3) is 0 Å². The zero-order valence-electron chi connectivity index (χ0n) is 23.4. The second-order valence-electron chi connectivity index (χ2n) is 9.88. The molecule has 1 saturated heterocycles. The van der Waals surface area contributed by atoms with E-state index >= 15 is 0 Å². The maximum absolute atomic E-state index is 12.6. The van der Waals surface area contributed by atoms with Crippen molar-refractivity contribution in [3.8, 4) is 11.5 Å². The van der Waals surface area contributed by atoms with Gasteiger partial charge in [-0.25, -0.2) is 0 Å². The van der Waals surface area contributed by atoms with Crippen molar-refractivity contribution in [3.05, 3.63) is 95.6 Å². The van der Waals surface area contributed by atoms with E-state index in [1.54, 1.807) is 19.1 Å². The van der Waals surface area contributed by atoms with Crippen LogP contribution in [0.2, 0.25) is 0 Å². The molecule has 1 unspecified atom stereocenters. The molecule has 3 aromatic carbocycles. The molecule has 1 amide bonds. The highest BCUT2D eigenvalue weighted by molar-refractivity contribution is 5.77. The number of methoxy groups -OCH3 is 2. The number of carbonyl (C=O) groups excluding carboxylic acids is 2. The van der Waals surface area contributed by atoms with Crippen LogP contribution in [0.5, 0.6) is 11.5 Å². The fourth-order valence-electron chi connectivity index (χ4n) is 5.25. The van der Waals surface area contributed by atoms with Crippen molar-refractivity contribution in [1.29, 1.82) is 0 Å². The molecule has 1 heterocycles. The second-order valence-corrected chi connectivity index (χ2v) is 9.88. The Labute approximate surface area is 239 Å². The highest BCUT2D eigenvalue weighted by Crippen LogP contribution is 2.42. The number of hydrogen-bond acceptors (Lipinski definition) is 7. The second kappa shape index (κ2) is 13.3. The molecule has 3 aromatic rings. The molecular formula is C32H35NO8. The quantitative estimate of drug-likeness (QED) is 0.256. The Morgan fingerprint density at radius 1 is 0.829 bits per heavy atom. The first kappa shape index (κ1) is 29.6. The number of nitrogens with zero attached hydrogens (tertiary/aromatic N) is 1. The van der Waals surface area contributed by atoms with E-state index in [0.29, 0.717) is 17.9 Å². The van der Waals surface area contributed by atoms with Crippen LogP contribution in [-0.2, 0) is 29.5 Å². The summed E-state index contributed by atoms with van der Waals surface area (Å²) >= 11 is 0. The predicted molar refractivity (Wildman–Crippen MR) is 151 cm³/mol. The predicted octanol–water partition coefficient (Wildman–Crippen LogP) is 4.41. The van der Waals surface area contributed by atoms with E-state index in [2.05, 4.69) is 0 Å². The summed E-state index contributed by atoms with van der Waals surface area (Å²) in [4.78, 5) is 37.3. The molecule has 0 aromatic heterocycles. The monoisotopic (exact) mass is 561 g/mol. The van der Waals surface area contributed by atoms with Gasteiger partial charge in [-0.3, -0.25) is 14.4 Å². The molecule has 4 rings (SSSR count). The van der Waals surface area contributed by atoms with Crippen molar-refractivity contribution in [2.24, 2.45) is 0 Å². The largest absolute Gasteiger partial charge is 0.497 e. The first-order valence-corrected chi connectivity index (χ1v) is 13.4. The molecular weight excluding hydrogens is 526 g/mol. The maximum atomic E-state index is 12.6. The molecule has 0 bridgehead atoms. The number of rotatable bonds is 12. The van der Waals surface area contributed by atoms with Gasteiger partial charge in [0, 0.05) is 13.3 Å². The summed E-state index contributed by atoms with van der Waals surface area (Å²) in [5.74, 6) is -0.424. The first-order valence-electron chi connectivity index (χ1n) is 13.4. The molecule has 9 heteroatoms. The van der Waals surface area contributed by atoms with E-state index in [9.17, 15) is 14.4 Å². The van der Waals surface area contributed by atoms with E-state index < -0.39 is 23.6 Å². The highest BCUT2D eigenvalue weighted by atomic mass is 16.5. The first-order chi connectivity index (χ1) is 19.8. The lowest BCUT2D eigenvalue weighted by atomic mass is 9.80. The number of carboxylic acid groups (broad SMARTS) is 1. The molecule has 1 fully saturated rings. The van der Waals surface area contributed by atoms with Crippen LogP contribution in [-0.4, -0.2) is 67.4 Å². The number of carbonyl (C=O) groups is 3. The van der Waals surface area contributed by atoms with Crippen molar-refractivity contribution in [1.82, 2.24) is 4.90 Å². The molecule has 9 nitrogen and oxygen atoms in total. The third kappa shape index (κ3) is 6.86. The Bertz CT molecular complexity index is 1280. The minimum absolute atomic E-state index is 0.149. The van der Waals surface area contributed by atoms with E-state index in [1.165, 1.54) is 6.92 Å². The third-order valence-corrected chi connectivity index (χ3v) is 7.29. The van der Waals surface area contributed by atoms with Gasteiger partial charge in [-0.15, -0.1) is 0 Å². The van der Waals surface area contributed by atoms with Gasteiger partial charge in [0.2, 0.25) is 5.91 Å². The minimum Gasteiger partial charge on any atom is -0.497 e. The lowest BCUT2D eigenvalue weighted by Crippen LogP contribution is -2.41. The van der Waals surface area contributed by atoms with Crippen LogP contribution in [0.15, 0.2) is 78.9 Å². The van der Waals surface area contributed by atoms with Crippen molar-refractivity contribution in [3.63, 3.8) is 0 Å². The Morgan fingerprint density at radius 2 is 1.37 bits per heavy atom. The minimum atomic E-state index is -1.07. The molecule has 216 valence electrons. The summed E-state index contributed by atoms with van der Waals surface area (Å²) < 4.78 is 23.3. The van der Waals surface area contributed by atoms with Crippen molar-refractivity contribution >= 4 is 17.8 Å². The Balaban J connectivity index is 1.70. The summed E-state index contributed by atoms with van der Waals surface area (Å²) in [6, 6.07) is 24.8. The van der Waals surface area contributed by atoms with Crippen LogP contribution in [0.25, 0.3) is 0 Å². The van der Waals surface area contributed by atoms with E-state index in [-0.39, 0.29) is 37.9 Å². The molecule has 0 spiro atoms. The Kier molecular flexibility index (Phi) is 9.62. The molecule has 0 saturated carbocycles. The van der Waals surface area contributed by atoms with Gasteiger partial charge < -0.3 is 29.0 Å². The number of amides is 1. The number of ether oxygens (including phenoxy) is 4. The third-order valence-electron chi connectivity index (χ3n) is 7.29. The molecule has 0 radical (unpaired) electrons. The smallest absolute Gasteiger partial charge is 0.306 e. The number of likely N-dealkylation sites (tertiary alicyclic amines) is 1. The zero-order valence-corrected chi connectivity index (χ0v) is 23.4. The SMILES string of the molecule is COc1ccc(C(OCC2C[C@@H](OC(=O)CCC(=O)O)CN2C(C)=O)(c2ccccc2)c2ccc(OC)cc2)cc1. The van der Waals surface area contributed by atoms with E-state index in [1.807, 2.05) is 78.9 Å². The van der Waals surface area contributed by atoms with Crippen LogP contribution in [0.4, 0.5) is 0 Å². The van der Waals surface area contributed by atoms with Gasteiger partial charge in [-0.1, -0.05) is 54.6 Å².